The Morgan fingerprint density at radius 3 is 2.00 bits per heavy atom. The predicted octanol–water partition coefficient (Wildman–Crippen LogP) is 0.895. The van der Waals surface area contributed by atoms with Gasteiger partial charge in [0.2, 0.25) is 6.43 Å². The van der Waals surface area contributed by atoms with Crippen molar-refractivity contribution in [3.8, 4) is 0 Å². The molecule has 0 aromatic carbocycles. The number of hydrogen-bond donors (Lipinski definition) is 2. The minimum Gasteiger partial charge on any atom is -0.427 e. The zero-order valence-electron chi connectivity index (χ0n) is 6.13. The molecule has 0 bridgehead atoms. The summed E-state index contributed by atoms with van der Waals surface area (Å²) >= 11 is 0. The van der Waals surface area contributed by atoms with Crippen molar-refractivity contribution in [1.82, 2.24) is 0 Å². The molecule has 11 heavy (non-hydrogen) atoms. The summed E-state index contributed by atoms with van der Waals surface area (Å²) in [6, 6.07) is 0. The lowest BCUT2D eigenvalue weighted by atomic mass is 9.58. The van der Waals surface area contributed by atoms with Crippen LogP contribution in [0.4, 0.5) is 8.78 Å². The van der Waals surface area contributed by atoms with Crippen molar-refractivity contribution in [2.75, 3.05) is 0 Å². The molecule has 64 valence electrons. The van der Waals surface area contributed by atoms with E-state index in [0.717, 1.165) is 6.42 Å². The monoisotopic (exact) mass is 164 g/mol. The van der Waals surface area contributed by atoms with Crippen molar-refractivity contribution in [3.05, 3.63) is 0 Å². The fourth-order valence-corrected chi connectivity index (χ4v) is 1.51. The van der Waals surface area contributed by atoms with E-state index in [1.54, 1.807) is 0 Å². The third-order valence-corrected chi connectivity index (χ3v) is 2.40. The molecule has 0 atom stereocenters. The zero-order valence-corrected chi connectivity index (χ0v) is 6.13. The van der Waals surface area contributed by atoms with Gasteiger partial charge in [-0.2, -0.15) is 0 Å². The Kier molecular flexibility index (Phi) is 2.49. The molecule has 0 spiro atoms. The van der Waals surface area contributed by atoms with Crippen LogP contribution in [0.1, 0.15) is 19.3 Å². The summed E-state index contributed by atoms with van der Waals surface area (Å²) in [5, 5.41) is 17.0. The summed E-state index contributed by atoms with van der Waals surface area (Å²) in [5.74, 6) is 0. The highest BCUT2D eigenvalue weighted by Crippen LogP contribution is 2.49. The van der Waals surface area contributed by atoms with Crippen LogP contribution < -0.4 is 0 Å². The molecule has 1 saturated carbocycles. The lowest BCUT2D eigenvalue weighted by Crippen LogP contribution is -2.40. The van der Waals surface area contributed by atoms with E-state index in [-0.39, 0.29) is 6.32 Å². The SMILES string of the molecule is OB(O)CC1(C(F)F)CCC1. The maximum absolute atomic E-state index is 12.3. The van der Waals surface area contributed by atoms with Gasteiger partial charge in [0.15, 0.2) is 0 Å². The molecule has 2 N–H and O–H groups in total. The van der Waals surface area contributed by atoms with E-state index in [2.05, 4.69) is 0 Å². The highest BCUT2D eigenvalue weighted by Gasteiger charge is 2.47. The van der Waals surface area contributed by atoms with Gasteiger partial charge < -0.3 is 10.0 Å². The molecule has 1 rings (SSSR count). The molecule has 0 aliphatic heterocycles. The summed E-state index contributed by atoms with van der Waals surface area (Å²) in [6.45, 7) is 0. The number of hydrogen-bond acceptors (Lipinski definition) is 2. The van der Waals surface area contributed by atoms with Crippen molar-refractivity contribution in [1.29, 1.82) is 0 Å². The highest BCUT2D eigenvalue weighted by atomic mass is 19.3. The summed E-state index contributed by atoms with van der Waals surface area (Å²) in [7, 11) is -1.59. The maximum atomic E-state index is 12.3. The van der Waals surface area contributed by atoms with Crippen molar-refractivity contribution in [2.24, 2.45) is 5.41 Å². The molecule has 5 heteroatoms. The van der Waals surface area contributed by atoms with Gasteiger partial charge in [-0.05, 0) is 19.2 Å². The number of halogens is 2. The summed E-state index contributed by atoms with van der Waals surface area (Å²) in [4.78, 5) is 0. The second-order valence-electron chi connectivity index (χ2n) is 3.20. The van der Waals surface area contributed by atoms with Gasteiger partial charge in [-0.15, -0.1) is 0 Å². The van der Waals surface area contributed by atoms with Gasteiger partial charge in [0.1, 0.15) is 0 Å². The number of rotatable bonds is 3. The summed E-state index contributed by atoms with van der Waals surface area (Å²) in [5.41, 5.74) is -1.09. The average molecular weight is 164 g/mol. The third-order valence-electron chi connectivity index (χ3n) is 2.40. The van der Waals surface area contributed by atoms with E-state index in [1.807, 2.05) is 0 Å². The summed E-state index contributed by atoms with van der Waals surface area (Å²) in [6.07, 6.45) is -0.996. The van der Waals surface area contributed by atoms with Crippen LogP contribution in [0.25, 0.3) is 0 Å². The second kappa shape index (κ2) is 3.07. The number of alkyl halides is 2. The minimum atomic E-state index is -2.42. The van der Waals surface area contributed by atoms with Gasteiger partial charge >= 0.3 is 7.12 Å². The van der Waals surface area contributed by atoms with Gasteiger partial charge in [0, 0.05) is 5.41 Å². The van der Waals surface area contributed by atoms with E-state index in [1.165, 1.54) is 0 Å². The molecule has 2 nitrogen and oxygen atoms in total. The third kappa shape index (κ3) is 1.71. The van der Waals surface area contributed by atoms with E-state index >= 15 is 0 Å². The van der Waals surface area contributed by atoms with E-state index in [4.69, 9.17) is 10.0 Å². The van der Waals surface area contributed by atoms with E-state index in [9.17, 15) is 8.78 Å². The Bertz CT molecular complexity index is 137. The van der Waals surface area contributed by atoms with Gasteiger partial charge in [-0.3, -0.25) is 0 Å². The first kappa shape index (κ1) is 8.94. The lowest BCUT2D eigenvalue weighted by molar-refractivity contribution is -0.0495. The Balaban J connectivity index is 2.47. The van der Waals surface area contributed by atoms with Crippen molar-refractivity contribution >= 4 is 7.12 Å². The van der Waals surface area contributed by atoms with E-state index < -0.39 is 19.0 Å². The van der Waals surface area contributed by atoms with Gasteiger partial charge in [-0.25, -0.2) is 8.78 Å². The van der Waals surface area contributed by atoms with Gasteiger partial charge in [0.05, 0.1) is 0 Å². The van der Waals surface area contributed by atoms with Crippen LogP contribution in [0, 0.1) is 5.41 Å². The minimum absolute atomic E-state index is 0.190. The summed E-state index contributed by atoms with van der Waals surface area (Å²) < 4.78 is 24.5. The highest BCUT2D eigenvalue weighted by molar-refractivity contribution is 6.41. The van der Waals surface area contributed by atoms with Gasteiger partial charge in [0.25, 0.3) is 0 Å². The van der Waals surface area contributed by atoms with Crippen LogP contribution in [-0.4, -0.2) is 23.6 Å². The quantitative estimate of drug-likeness (QED) is 0.608. The van der Waals surface area contributed by atoms with Crippen LogP contribution >= 0.6 is 0 Å². The topological polar surface area (TPSA) is 40.5 Å². The van der Waals surface area contributed by atoms with E-state index in [0.29, 0.717) is 12.8 Å². The molecule has 0 amide bonds. The Labute approximate surface area is 64.4 Å². The average Bonchev–Trinajstić information content (AvgIpc) is 1.77. The first-order chi connectivity index (χ1) is 5.07. The smallest absolute Gasteiger partial charge is 0.427 e. The lowest BCUT2D eigenvalue weighted by Gasteiger charge is -2.40. The Morgan fingerprint density at radius 2 is 1.91 bits per heavy atom. The molecule has 0 saturated heterocycles. The van der Waals surface area contributed by atoms with Crippen molar-refractivity contribution in [3.63, 3.8) is 0 Å². The molecule has 0 aromatic heterocycles. The van der Waals surface area contributed by atoms with Crippen LogP contribution in [-0.2, 0) is 0 Å². The standard InChI is InChI=1S/C6H11BF2O2/c8-5(9)6(2-1-3-6)4-7(10)11/h5,10-11H,1-4H2. The zero-order chi connectivity index (χ0) is 8.48. The largest absolute Gasteiger partial charge is 0.452 e. The first-order valence-corrected chi connectivity index (χ1v) is 3.71. The van der Waals surface area contributed by atoms with Crippen molar-refractivity contribution in [2.45, 2.75) is 32.0 Å². The van der Waals surface area contributed by atoms with Crippen LogP contribution in [0.2, 0.25) is 6.32 Å². The molecule has 1 fully saturated rings. The van der Waals surface area contributed by atoms with Crippen LogP contribution in [0.3, 0.4) is 0 Å². The van der Waals surface area contributed by atoms with Gasteiger partial charge in [-0.1, -0.05) is 6.42 Å². The van der Waals surface area contributed by atoms with Crippen molar-refractivity contribution < 1.29 is 18.8 Å². The Hall–Kier alpha value is -0.155. The molecule has 0 aromatic rings. The van der Waals surface area contributed by atoms with Crippen LogP contribution in [0.15, 0.2) is 0 Å². The molecule has 1 aliphatic carbocycles. The second-order valence-corrected chi connectivity index (χ2v) is 3.20. The predicted molar refractivity (Wildman–Crippen MR) is 37.3 cm³/mol. The molecule has 1 aliphatic rings. The molecular formula is C6H11BF2O2. The Morgan fingerprint density at radius 1 is 1.36 bits per heavy atom. The maximum Gasteiger partial charge on any atom is 0.452 e. The van der Waals surface area contributed by atoms with Crippen LogP contribution in [0.5, 0.6) is 0 Å². The molecule has 0 heterocycles. The molecular weight excluding hydrogens is 153 g/mol. The molecule has 0 radical (unpaired) electrons. The fourth-order valence-electron chi connectivity index (χ4n) is 1.51. The molecule has 0 unspecified atom stereocenters. The fraction of sp³-hybridized carbons (Fsp3) is 1.00. The first-order valence-electron chi connectivity index (χ1n) is 3.71. The normalized spacial score (nSPS) is 21.5.